The molecule has 5 nitrogen and oxygen atoms in total. The summed E-state index contributed by atoms with van der Waals surface area (Å²) in [5.74, 6) is -0.297. The molecule has 1 fully saturated rings. The molecule has 1 aliphatic heterocycles. The van der Waals surface area contributed by atoms with Gasteiger partial charge in [-0.05, 0) is 52.1 Å². The van der Waals surface area contributed by atoms with Crippen LogP contribution in [-0.2, 0) is 4.74 Å². The molecule has 1 aromatic rings. The van der Waals surface area contributed by atoms with E-state index in [4.69, 9.17) is 10.5 Å². The SMILES string of the molecule is CCOC(=O)c1cc(N)ccc1N1CCC(N(C)C)CC1. The summed E-state index contributed by atoms with van der Waals surface area (Å²) < 4.78 is 5.14. The van der Waals surface area contributed by atoms with Crippen LogP contribution in [0.4, 0.5) is 11.4 Å². The lowest BCUT2D eigenvalue weighted by molar-refractivity contribution is 0.0527. The maximum atomic E-state index is 12.1. The van der Waals surface area contributed by atoms with Crippen molar-refractivity contribution in [1.82, 2.24) is 4.90 Å². The van der Waals surface area contributed by atoms with Gasteiger partial charge >= 0.3 is 5.97 Å². The van der Waals surface area contributed by atoms with Crippen LogP contribution >= 0.6 is 0 Å². The Kier molecular flexibility index (Phi) is 5.07. The Bertz CT molecular complexity index is 494. The van der Waals surface area contributed by atoms with Crippen molar-refractivity contribution in [3.05, 3.63) is 23.8 Å². The van der Waals surface area contributed by atoms with Crippen LogP contribution in [0.25, 0.3) is 0 Å². The van der Waals surface area contributed by atoms with Crippen molar-refractivity contribution in [3.63, 3.8) is 0 Å². The Hall–Kier alpha value is -1.75. The van der Waals surface area contributed by atoms with Gasteiger partial charge < -0.3 is 20.3 Å². The minimum absolute atomic E-state index is 0.297. The number of anilines is 2. The minimum Gasteiger partial charge on any atom is -0.462 e. The van der Waals surface area contributed by atoms with E-state index in [9.17, 15) is 4.79 Å². The van der Waals surface area contributed by atoms with Gasteiger partial charge in [0.15, 0.2) is 0 Å². The molecule has 0 aromatic heterocycles. The fourth-order valence-corrected chi connectivity index (χ4v) is 2.82. The van der Waals surface area contributed by atoms with Crippen LogP contribution in [-0.4, -0.2) is 50.7 Å². The highest BCUT2D eigenvalue weighted by molar-refractivity contribution is 5.97. The molecular weight excluding hydrogens is 266 g/mol. The van der Waals surface area contributed by atoms with Gasteiger partial charge in [-0.25, -0.2) is 4.79 Å². The summed E-state index contributed by atoms with van der Waals surface area (Å²) >= 11 is 0. The van der Waals surface area contributed by atoms with Crippen molar-refractivity contribution in [1.29, 1.82) is 0 Å². The molecule has 2 rings (SSSR count). The van der Waals surface area contributed by atoms with Gasteiger partial charge in [0.1, 0.15) is 0 Å². The molecule has 0 radical (unpaired) electrons. The molecule has 21 heavy (non-hydrogen) atoms. The lowest BCUT2D eigenvalue weighted by atomic mass is 10.0. The van der Waals surface area contributed by atoms with E-state index in [2.05, 4.69) is 23.9 Å². The Morgan fingerprint density at radius 3 is 2.62 bits per heavy atom. The second-order valence-electron chi connectivity index (χ2n) is 5.68. The van der Waals surface area contributed by atoms with Gasteiger partial charge in [-0.1, -0.05) is 0 Å². The van der Waals surface area contributed by atoms with Crippen LogP contribution in [0.15, 0.2) is 18.2 Å². The molecule has 0 spiro atoms. The fourth-order valence-electron chi connectivity index (χ4n) is 2.82. The van der Waals surface area contributed by atoms with E-state index < -0.39 is 0 Å². The van der Waals surface area contributed by atoms with Crippen LogP contribution in [0.3, 0.4) is 0 Å². The third-order valence-corrected chi connectivity index (χ3v) is 4.05. The van der Waals surface area contributed by atoms with E-state index in [1.165, 1.54) is 0 Å². The number of nitrogens with zero attached hydrogens (tertiary/aromatic N) is 2. The first-order valence-corrected chi connectivity index (χ1v) is 7.51. The van der Waals surface area contributed by atoms with Crippen molar-refractivity contribution in [2.75, 3.05) is 44.4 Å². The number of rotatable bonds is 4. The molecule has 0 atom stereocenters. The molecule has 1 heterocycles. The molecule has 0 bridgehead atoms. The predicted molar refractivity (Wildman–Crippen MR) is 85.7 cm³/mol. The van der Waals surface area contributed by atoms with Gasteiger partial charge in [-0.15, -0.1) is 0 Å². The number of ether oxygens (including phenoxy) is 1. The number of carbonyl (C=O) groups excluding carboxylic acids is 1. The number of hydrogen-bond donors (Lipinski definition) is 1. The topological polar surface area (TPSA) is 58.8 Å². The van der Waals surface area contributed by atoms with Crippen molar-refractivity contribution >= 4 is 17.3 Å². The number of benzene rings is 1. The molecule has 5 heteroatoms. The van der Waals surface area contributed by atoms with Gasteiger partial charge in [0.25, 0.3) is 0 Å². The normalized spacial score (nSPS) is 16.3. The standard InChI is InChI=1S/C16H25N3O2/c1-4-21-16(20)14-11-12(17)5-6-15(14)19-9-7-13(8-10-19)18(2)3/h5-6,11,13H,4,7-10,17H2,1-3H3. The third kappa shape index (κ3) is 3.67. The Morgan fingerprint density at radius 2 is 2.05 bits per heavy atom. The monoisotopic (exact) mass is 291 g/mol. The Balaban J connectivity index is 2.18. The van der Waals surface area contributed by atoms with E-state index in [-0.39, 0.29) is 5.97 Å². The third-order valence-electron chi connectivity index (χ3n) is 4.05. The van der Waals surface area contributed by atoms with Gasteiger partial charge in [0, 0.05) is 24.8 Å². The molecule has 0 aliphatic carbocycles. The molecule has 116 valence electrons. The zero-order valence-electron chi connectivity index (χ0n) is 13.1. The molecule has 1 aliphatic rings. The summed E-state index contributed by atoms with van der Waals surface area (Å²) in [5, 5.41) is 0. The average molecular weight is 291 g/mol. The highest BCUT2D eigenvalue weighted by atomic mass is 16.5. The zero-order chi connectivity index (χ0) is 15.4. The van der Waals surface area contributed by atoms with E-state index in [0.717, 1.165) is 31.6 Å². The minimum atomic E-state index is -0.297. The number of hydrogen-bond acceptors (Lipinski definition) is 5. The number of piperidine rings is 1. The lowest BCUT2D eigenvalue weighted by Crippen LogP contribution is -2.42. The first kappa shape index (κ1) is 15.6. The van der Waals surface area contributed by atoms with Crippen LogP contribution in [0.2, 0.25) is 0 Å². The van der Waals surface area contributed by atoms with Gasteiger partial charge in [-0.2, -0.15) is 0 Å². The predicted octanol–water partition coefficient (Wildman–Crippen LogP) is 1.98. The van der Waals surface area contributed by atoms with Crippen molar-refractivity contribution in [2.45, 2.75) is 25.8 Å². The Labute approximate surface area is 126 Å². The van der Waals surface area contributed by atoms with Crippen LogP contribution in [0, 0.1) is 0 Å². The van der Waals surface area contributed by atoms with Crippen LogP contribution in [0.1, 0.15) is 30.1 Å². The molecule has 1 saturated heterocycles. The lowest BCUT2D eigenvalue weighted by Gasteiger charge is -2.37. The van der Waals surface area contributed by atoms with Crippen molar-refractivity contribution < 1.29 is 9.53 Å². The van der Waals surface area contributed by atoms with Crippen LogP contribution < -0.4 is 10.6 Å². The number of nitrogen functional groups attached to an aromatic ring is 1. The Morgan fingerprint density at radius 1 is 1.38 bits per heavy atom. The molecular formula is C16H25N3O2. The van der Waals surface area contributed by atoms with Gasteiger partial charge in [0.2, 0.25) is 0 Å². The molecule has 0 amide bonds. The number of carbonyl (C=O) groups is 1. The van der Waals surface area contributed by atoms with E-state index in [0.29, 0.717) is 23.9 Å². The highest BCUT2D eigenvalue weighted by Gasteiger charge is 2.24. The van der Waals surface area contributed by atoms with Gasteiger partial charge in [-0.3, -0.25) is 0 Å². The molecule has 2 N–H and O–H groups in total. The first-order chi connectivity index (χ1) is 10.0. The largest absolute Gasteiger partial charge is 0.462 e. The van der Waals surface area contributed by atoms with Crippen LogP contribution in [0.5, 0.6) is 0 Å². The maximum Gasteiger partial charge on any atom is 0.340 e. The highest BCUT2D eigenvalue weighted by Crippen LogP contribution is 2.27. The van der Waals surface area contributed by atoms with Crippen molar-refractivity contribution in [2.24, 2.45) is 0 Å². The average Bonchev–Trinajstić information content (AvgIpc) is 2.47. The molecule has 0 unspecified atom stereocenters. The number of nitrogens with two attached hydrogens (primary N) is 1. The summed E-state index contributed by atoms with van der Waals surface area (Å²) in [4.78, 5) is 16.6. The van der Waals surface area contributed by atoms with E-state index in [1.54, 1.807) is 6.07 Å². The summed E-state index contributed by atoms with van der Waals surface area (Å²) in [5.41, 5.74) is 7.91. The fraction of sp³-hybridized carbons (Fsp3) is 0.562. The second-order valence-corrected chi connectivity index (χ2v) is 5.68. The number of esters is 1. The first-order valence-electron chi connectivity index (χ1n) is 7.51. The van der Waals surface area contributed by atoms with E-state index in [1.807, 2.05) is 19.1 Å². The molecule has 1 aromatic carbocycles. The summed E-state index contributed by atoms with van der Waals surface area (Å²) in [6.45, 7) is 4.07. The van der Waals surface area contributed by atoms with Gasteiger partial charge in [0.05, 0.1) is 17.9 Å². The zero-order valence-corrected chi connectivity index (χ0v) is 13.1. The van der Waals surface area contributed by atoms with E-state index >= 15 is 0 Å². The quantitative estimate of drug-likeness (QED) is 0.679. The summed E-state index contributed by atoms with van der Waals surface area (Å²) in [7, 11) is 4.24. The molecule has 0 saturated carbocycles. The van der Waals surface area contributed by atoms with Crippen molar-refractivity contribution in [3.8, 4) is 0 Å². The summed E-state index contributed by atoms with van der Waals surface area (Å²) in [6, 6.07) is 6.10. The smallest absolute Gasteiger partial charge is 0.340 e. The second kappa shape index (κ2) is 6.80. The summed E-state index contributed by atoms with van der Waals surface area (Å²) in [6.07, 6.45) is 2.19. The maximum absolute atomic E-state index is 12.1.